The summed E-state index contributed by atoms with van der Waals surface area (Å²) in [6.07, 6.45) is 7.25. The van der Waals surface area contributed by atoms with Crippen molar-refractivity contribution >= 4 is 11.7 Å². The van der Waals surface area contributed by atoms with Crippen LogP contribution in [0.25, 0.3) is 0 Å². The predicted octanol–water partition coefficient (Wildman–Crippen LogP) is 1.68. The van der Waals surface area contributed by atoms with Gasteiger partial charge in [0.15, 0.2) is 5.78 Å². The van der Waals surface area contributed by atoms with Crippen LogP contribution in [0, 0.1) is 0 Å². The van der Waals surface area contributed by atoms with Gasteiger partial charge in [-0.2, -0.15) is 0 Å². The molecular formula is C14H18N2O2. The zero-order valence-electron chi connectivity index (χ0n) is 10.4. The van der Waals surface area contributed by atoms with Gasteiger partial charge >= 0.3 is 0 Å². The normalized spacial score (nSPS) is 18.6. The predicted molar refractivity (Wildman–Crippen MR) is 67.5 cm³/mol. The van der Waals surface area contributed by atoms with Crippen molar-refractivity contribution in [3.8, 4) is 0 Å². The summed E-state index contributed by atoms with van der Waals surface area (Å²) in [5.41, 5.74) is 1.98. The lowest BCUT2D eigenvalue weighted by atomic mass is 9.97. The van der Waals surface area contributed by atoms with Crippen LogP contribution in [0.3, 0.4) is 0 Å². The zero-order valence-corrected chi connectivity index (χ0v) is 10.4. The number of amides is 1. The first-order chi connectivity index (χ1) is 8.74. The van der Waals surface area contributed by atoms with E-state index in [0.717, 1.165) is 36.9 Å². The number of ketones is 1. The molecule has 1 amide bonds. The van der Waals surface area contributed by atoms with Gasteiger partial charge in [0, 0.05) is 42.9 Å². The van der Waals surface area contributed by atoms with Crippen molar-refractivity contribution in [2.45, 2.75) is 51.1 Å². The summed E-state index contributed by atoms with van der Waals surface area (Å²) in [7, 11) is 0. The highest BCUT2D eigenvalue weighted by atomic mass is 16.1. The van der Waals surface area contributed by atoms with Gasteiger partial charge in [-0.15, -0.1) is 0 Å². The number of aromatic nitrogens is 1. The van der Waals surface area contributed by atoms with E-state index in [-0.39, 0.29) is 11.7 Å². The molecule has 0 aromatic carbocycles. The lowest BCUT2D eigenvalue weighted by Gasteiger charge is -2.14. The van der Waals surface area contributed by atoms with E-state index in [1.54, 1.807) is 0 Å². The molecule has 0 unspecified atom stereocenters. The molecule has 4 nitrogen and oxygen atoms in total. The van der Waals surface area contributed by atoms with Crippen LogP contribution < -0.4 is 5.32 Å². The monoisotopic (exact) mass is 246 g/mol. The Morgan fingerprint density at radius 2 is 2.22 bits per heavy atom. The van der Waals surface area contributed by atoms with E-state index in [1.807, 2.05) is 12.3 Å². The second-order valence-corrected chi connectivity index (χ2v) is 5.24. The van der Waals surface area contributed by atoms with E-state index >= 15 is 0 Å². The van der Waals surface area contributed by atoms with Crippen LogP contribution in [0.15, 0.2) is 12.3 Å². The van der Waals surface area contributed by atoms with Crippen molar-refractivity contribution in [3.05, 3.63) is 23.5 Å². The van der Waals surface area contributed by atoms with Crippen LogP contribution in [0.4, 0.5) is 0 Å². The molecule has 3 rings (SSSR count). The number of hydrogen-bond acceptors (Lipinski definition) is 2. The van der Waals surface area contributed by atoms with Crippen LogP contribution >= 0.6 is 0 Å². The van der Waals surface area contributed by atoms with Gasteiger partial charge in [0.2, 0.25) is 5.91 Å². The second-order valence-electron chi connectivity index (χ2n) is 5.24. The maximum absolute atomic E-state index is 11.7. The Morgan fingerprint density at radius 1 is 1.39 bits per heavy atom. The molecule has 1 N–H and O–H groups in total. The molecule has 1 aromatic rings. The molecular weight excluding hydrogens is 228 g/mol. The van der Waals surface area contributed by atoms with Crippen LogP contribution in [0.1, 0.15) is 48.2 Å². The Hall–Kier alpha value is -1.58. The molecule has 0 bridgehead atoms. The third-order valence-electron chi connectivity index (χ3n) is 3.72. The number of nitrogens with zero attached hydrogens (tertiary/aromatic N) is 1. The van der Waals surface area contributed by atoms with Crippen LogP contribution in [0.5, 0.6) is 0 Å². The van der Waals surface area contributed by atoms with Crippen molar-refractivity contribution in [1.82, 2.24) is 9.88 Å². The number of carbonyl (C=O) groups is 2. The Bertz CT molecular complexity index is 486. The van der Waals surface area contributed by atoms with E-state index in [2.05, 4.69) is 9.88 Å². The standard InChI is InChI=1S/C14H18N2O2/c17-13-3-1-2-12-11(13)6-8-16(12)9-7-14(18)15-10-4-5-10/h6,8,10H,1-5,7,9H2,(H,15,18). The molecule has 0 aliphatic heterocycles. The lowest BCUT2D eigenvalue weighted by molar-refractivity contribution is -0.121. The first-order valence-electron chi connectivity index (χ1n) is 6.74. The number of fused-ring (bicyclic) bond motifs is 1. The topological polar surface area (TPSA) is 51.1 Å². The molecule has 0 atom stereocenters. The third kappa shape index (κ3) is 2.33. The number of Topliss-reactive ketones (excluding diaryl/α,β-unsaturated/α-hetero) is 1. The Labute approximate surface area is 106 Å². The van der Waals surface area contributed by atoms with Crippen LogP contribution in [0.2, 0.25) is 0 Å². The minimum Gasteiger partial charge on any atom is -0.353 e. The summed E-state index contributed by atoms with van der Waals surface area (Å²) < 4.78 is 2.07. The molecule has 18 heavy (non-hydrogen) atoms. The molecule has 2 aliphatic rings. The molecule has 1 aromatic heterocycles. The molecule has 4 heteroatoms. The van der Waals surface area contributed by atoms with Crippen molar-refractivity contribution in [1.29, 1.82) is 0 Å². The highest BCUT2D eigenvalue weighted by Crippen LogP contribution is 2.23. The highest BCUT2D eigenvalue weighted by Gasteiger charge is 2.24. The minimum absolute atomic E-state index is 0.127. The summed E-state index contributed by atoms with van der Waals surface area (Å²) in [4.78, 5) is 23.3. The molecule has 1 fully saturated rings. The summed E-state index contributed by atoms with van der Waals surface area (Å²) >= 11 is 0. The SMILES string of the molecule is O=C(CCn1ccc2c1CCCC2=O)NC1CC1. The van der Waals surface area contributed by atoms with E-state index in [0.29, 0.717) is 25.4 Å². The van der Waals surface area contributed by atoms with Gasteiger partial charge in [0.05, 0.1) is 0 Å². The second kappa shape index (κ2) is 4.59. The number of nitrogens with one attached hydrogen (secondary N) is 1. The molecule has 1 heterocycles. The molecule has 1 saturated carbocycles. The fourth-order valence-corrected chi connectivity index (χ4v) is 2.55. The minimum atomic E-state index is 0.127. The van der Waals surface area contributed by atoms with Crippen molar-refractivity contribution in [2.24, 2.45) is 0 Å². The van der Waals surface area contributed by atoms with Gasteiger partial charge in [0.1, 0.15) is 0 Å². The molecule has 0 saturated heterocycles. The fourth-order valence-electron chi connectivity index (χ4n) is 2.55. The van der Waals surface area contributed by atoms with Crippen molar-refractivity contribution in [3.63, 3.8) is 0 Å². The van der Waals surface area contributed by atoms with Gasteiger partial charge in [-0.1, -0.05) is 0 Å². The summed E-state index contributed by atoms with van der Waals surface area (Å²) in [6.45, 7) is 0.682. The van der Waals surface area contributed by atoms with Crippen molar-refractivity contribution < 1.29 is 9.59 Å². The van der Waals surface area contributed by atoms with Crippen molar-refractivity contribution in [2.75, 3.05) is 0 Å². The fraction of sp³-hybridized carbons (Fsp3) is 0.571. The van der Waals surface area contributed by atoms with Gasteiger partial charge in [-0.05, 0) is 31.7 Å². The molecule has 96 valence electrons. The number of carbonyl (C=O) groups excluding carboxylic acids is 2. The summed E-state index contributed by atoms with van der Waals surface area (Å²) in [5, 5.41) is 2.99. The van der Waals surface area contributed by atoms with E-state index in [4.69, 9.17) is 0 Å². The maximum Gasteiger partial charge on any atom is 0.222 e. The Balaban J connectivity index is 1.62. The molecule has 2 aliphatic carbocycles. The van der Waals surface area contributed by atoms with E-state index < -0.39 is 0 Å². The third-order valence-corrected chi connectivity index (χ3v) is 3.72. The van der Waals surface area contributed by atoms with Gasteiger partial charge < -0.3 is 9.88 Å². The van der Waals surface area contributed by atoms with Crippen LogP contribution in [-0.4, -0.2) is 22.3 Å². The maximum atomic E-state index is 11.7. The quantitative estimate of drug-likeness (QED) is 0.878. The lowest BCUT2D eigenvalue weighted by Crippen LogP contribution is -2.26. The first kappa shape index (κ1) is 11.5. The smallest absolute Gasteiger partial charge is 0.222 e. The van der Waals surface area contributed by atoms with Gasteiger partial charge in [0.25, 0.3) is 0 Å². The number of rotatable bonds is 4. The zero-order chi connectivity index (χ0) is 12.5. The van der Waals surface area contributed by atoms with E-state index in [9.17, 15) is 9.59 Å². The summed E-state index contributed by atoms with van der Waals surface area (Å²) in [5.74, 6) is 0.375. The average Bonchev–Trinajstić information content (AvgIpc) is 3.06. The van der Waals surface area contributed by atoms with Gasteiger partial charge in [-0.25, -0.2) is 0 Å². The average molecular weight is 246 g/mol. The first-order valence-corrected chi connectivity index (χ1v) is 6.74. The summed E-state index contributed by atoms with van der Waals surface area (Å²) in [6, 6.07) is 2.33. The number of aryl methyl sites for hydroxylation is 1. The largest absolute Gasteiger partial charge is 0.353 e. The highest BCUT2D eigenvalue weighted by molar-refractivity contribution is 5.98. The van der Waals surface area contributed by atoms with Gasteiger partial charge in [-0.3, -0.25) is 9.59 Å². The Morgan fingerprint density at radius 3 is 3.00 bits per heavy atom. The molecule has 0 spiro atoms. The number of hydrogen-bond donors (Lipinski definition) is 1. The Kier molecular flexibility index (Phi) is 2.94. The van der Waals surface area contributed by atoms with Crippen LogP contribution in [-0.2, 0) is 17.8 Å². The molecule has 0 radical (unpaired) electrons. The van der Waals surface area contributed by atoms with E-state index in [1.165, 1.54) is 0 Å².